The van der Waals surface area contributed by atoms with E-state index in [4.69, 9.17) is 10.2 Å². The fourth-order valence-electron chi connectivity index (χ4n) is 1.82. The van der Waals surface area contributed by atoms with Crippen molar-refractivity contribution in [2.45, 2.75) is 32.7 Å². The second-order valence-corrected chi connectivity index (χ2v) is 4.80. The molecule has 0 saturated carbocycles. The molecule has 0 heterocycles. The number of nitro groups is 3. The van der Waals surface area contributed by atoms with Crippen LogP contribution in [0.4, 0.5) is 17.1 Å². The number of hydrogen-bond donors (Lipinski definition) is 3. The van der Waals surface area contributed by atoms with Crippen LogP contribution in [-0.4, -0.2) is 44.2 Å². The van der Waals surface area contributed by atoms with Crippen LogP contribution in [0.15, 0.2) is 12.1 Å². The molecule has 0 radical (unpaired) electrons. The summed E-state index contributed by atoms with van der Waals surface area (Å²) in [6.45, 7) is 5.28. The third kappa shape index (κ3) is 7.05. The summed E-state index contributed by atoms with van der Waals surface area (Å²) < 4.78 is 0. The minimum Gasteiger partial charge on any atom is -0.497 e. The Morgan fingerprint density at radius 1 is 1.00 bits per heavy atom. The van der Waals surface area contributed by atoms with Gasteiger partial charge in [0.15, 0.2) is 0 Å². The SMILES string of the molecule is CCC(CC)NCCO.O=[N+]([O-])c1cc([N+](=O)[O-])c(O)c([N+](=O)[O-])c1. The van der Waals surface area contributed by atoms with Crippen molar-refractivity contribution in [3.63, 3.8) is 0 Å². The molecular formula is C13H20N4O8. The van der Waals surface area contributed by atoms with Gasteiger partial charge in [0.25, 0.3) is 11.4 Å². The molecule has 0 aliphatic rings. The maximum Gasteiger partial charge on any atom is 0.324 e. The number of phenols is 1. The number of aliphatic hydroxyl groups excluding tert-OH is 1. The van der Waals surface area contributed by atoms with E-state index >= 15 is 0 Å². The quantitative estimate of drug-likeness (QED) is 0.460. The number of rotatable bonds is 8. The number of nitro benzene ring substituents is 3. The van der Waals surface area contributed by atoms with E-state index in [0.717, 1.165) is 19.4 Å². The number of aliphatic hydroxyl groups is 1. The summed E-state index contributed by atoms with van der Waals surface area (Å²) in [7, 11) is 0. The summed E-state index contributed by atoms with van der Waals surface area (Å²) in [6.07, 6.45) is 2.30. The molecule has 3 N–H and O–H groups in total. The van der Waals surface area contributed by atoms with Gasteiger partial charge in [-0.25, -0.2) is 0 Å². The second-order valence-electron chi connectivity index (χ2n) is 4.80. The van der Waals surface area contributed by atoms with Crippen molar-refractivity contribution in [3.05, 3.63) is 42.5 Å². The molecule has 0 unspecified atom stereocenters. The molecule has 1 aromatic rings. The molecule has 12 heteroatoms. The minimum atomic E-state index is -1.21. The number of hydrogen-bond acceptors (Lipinski definition) is 9. The Balaban J connectivity index is 0.000000547. The van der Waals surface area contributed by atoms with Crippen LogP contribution in [0.1, 0.15) is 26.7 Å². The van der Waals surface area contributed by atoms with E-state index in [2.05, 4.69) is 19.2 Å². The first-order chi connectivity index (χ1) is 11.7. The van der Waals surface area contributed by atoms with Crippen LogP contribution < -0.4 is 5.32 Å². The maximum atomic E-state index is 10.4. The smallest absolute Gasteiger partial charge is 0.324 e. The summed E-state index contributed by atoms with van der Waals surface area (Å²) >= 11 is 0. The lowest BCUT2D eigenvalue weighted by atomic mass is 10.2. The van der Waals surface area contributed by atoms with E-state index in [9.17, 15) is 30.3 Å². The Bertz CT molecular complexity index is 583. The van der Waals surface area contributed by atoms with Gasteiger partial charge in [-0.1, -0.05) is 13.8 Å². The van der Waals surface area contributed by atoms with E-state index in [1.165, 1.54) is 0 Å². The van der Waals surface area contributed by atoms with Crippen molar-refractivity contribution in [1.29, 1.82) is 0 Å². The molecule has 0 aromatic heterocycles. The summed E-state index contributed by atoms with van der Waals surface area (Å²) in [5.41, 5.74) is -3.00. The maximum absolute atomic E-state index is 10.4. The van der Waals surface area contributed by atoms with Gasteiger partial charge in [0.2, 0.25) is 0 Å². The third-order valence-electron chi connectivity index (χ3n) is 3.19. The normalized spacial score (nSPS) is 10.1. The van der Waals surface area contributed by atoms with E-state index in [0.29, 0.717) is 18.2 Å². The molecule has 1 aromatic carbocycles. The molecule has 0 fully saturated rings. The molecule has 25 heavy (non-hydrogen) atoms. The van der Waals surface area contributed by atoms with Crippen LogP contribution in [0, 0.1) is 30.3 Å². The van der Waals surface area contributed by atoms with E-state index < -0.39 is 37.6 Å². The molecule has 0 atom stereocenters. The molecule has 0 saturated heterocycles. The van der Waals surface area contributed by atoms with Crippen molar-refractivity contribution in [3.8, 4) is 5.75 Å². The monoisotopic (exact) mass is 360 g/mol. The zero-order valence-electron chi connectivity index (χ0n) is 13.7. The predicted molar refractivity (Wildman–Crippen MR) is 87.5 cm³/mol. The highest BCUT2D eigenvalue weighted by Crippen LogP contribution is 2.38. The van der Waals surface area contributed by atoms with Gasteiger partial charge in [0.1, 0.15) is 0 Å². The molecule has 0 aliphatic carbocycles. The fraction of sp³-hybridized carbons (Fsp3) is 0.538. The Labute approximate surface area is 142 Å². The Kier molecular flexibility index (Phi) is 9.59. The molecular weight excluding hydrogens is 340 g/mol. The van der Waals surface area contributed by atoms with Crippen LogP contribution in [0.3, 0.4) is 0 Å². The lowest BCUT2D eigenvalue weighted by Crippen LogP contribution is -2.30. The number of non-ortho nitro benzene ring substituents is 1. The average molecular weight is 360 g/mol. The summed E-state index contributed by atoms with van der Waals surface area (Å²) in [4.78, 5) is 27.8. The molecule has 140 valence electrons. The Morgan fingerprint density at radius 3 is 1.72 bits per heavy atom. The van der Waals surface area contributed by atoms with Crippen LogP contribution in [-0.2, 0) is 0 Å². The van der Waals surface area contributed by atoms with E-state index in [1.807, 2.05) is 0 Å². The zero-order chi connectivity index (χ0) is 19.6. The van der Waals surface area contributed by atoms with Gasteiger partial charge in [0.05, 0.1) is 33.5 Å². The minimum absolute atomic E-state index is 0.247. The highest BCUT2D eigenvalue weighted by Gasteiger charge is 2.30. The number of aromatic hydroxyl groups is 1. The lowest BCUT2D eigenvalue weighted by Gasteiger charge is -2.12. The van der Waals surface area contributed by atoms with Crippen LogP contribution in [0.2, 0.25) is 0 Å². The highest BCUT2D eigenvalue weighted by molar-refractivity contribution is 5.64. The summed E-state index contributed by atoms with van der Waals surface area (Å²) in [5, 5.41) is 51.9. The average Bonchev–Trinajstić information content (AvgIpc) is 2.55. The van der Waals surface area contributed by atoms with Crippen molar-refractivity contribution in [2.24, 2.45) is 0 Å². The molecule has 0 spiro atoms. The first-order valence-corrected chi connectivity index (χ1v) is 7.33. The van der Waals surface area contributed by atoms with Gasteiger partial charge >= 0.3 is 11.4 Å². The van der Waals surface area contributed by atoms with E-state index in [-0.39, 0.29) is 6.61 Å². The molecule has 0 bridgehead atoms. The molecule has 0 amide bonds. The summed E-state index contributed by atoms with van der Waals surface area (Å²) in [5.74, 6) is -1.21. The molecule has 1 rings (SSSR count). The Hall–Kier alpha value is -2.86. The second kappa shape index (κ2) is 10.8. The number of nitrogens with one attached hydrogen (secondary N) is 1. The fourth-order valence-corrected chi connectivity index (χ4v) is 1.82. The zero-order valence-corrected chi connectivity index (χ0v) is 13.7. The standard InChI is InChI=1S/C7H17NO.C6H3N3O7/c1-3-7(4-2)8-5-6-9;10-6-4(8(13)14)1-3(7(11)12)2-5(6)9(15)16/h7-9H,3-6H2,1-2H3;1-2,10H. The number of benzene rings is 1. The Morgan fingerprint density at radius 2 is 1.44 bits per heavy atom. The van der Waals surface area contributed by atoms with Crippen molar-refractivity contribution in [1.82, 2.24) is 5.32 Å². The van der Waals surface area contributed by atoms with Gasteiger partial charge in [-0.3, -0.25) is 30.3 Å². The van der Waals surface area contributed by atoms with Gasteiger partial charge in [0, 0.05) is 12.6 Å². The molecule has 12 nitrogen and oxygen atoms in total. The first kappa shape index (κ1) is 22.1. The van der Waals surface area contributed by atoms with Crippen molar-refractivity contribution < 1.29 is 25.0 Å². The topological polar surface area (TPSA) is 182 Å². The van der Waals surface area contributed by atoms with Gasteiger partial charge in [-0.2, -0.15) is 0 Å². The van der Waals surface area contributed by atoms with Crippen LogP contribution in [0.25, 0.3) is 0 Å². The summed E-state index contributed by atoms with van der Waals surface area (Å²) in [6, 6.07) is 1.49. The van der Waals surface area contributed by atoms with E-state index in [1.54, 1.807) is 0 Å². The van der Waals surface area contributed by atoms with Crippen LogP contribution >= 0.6 is 0 Å². The lowest BCUT2D eigenvalue weighted by molar-refractivity contribution is -0.404. The number of nitrogens with zero attached hydrogens (tertiary/aromatic N) is 3. The molecule has 0 aliphatic heterocycles. The largest absolute Gasteiger partial charge is 0.497 e. The van der Waals surface area contributed by atoms with Crippen LogP contribution in [0.5, 0.6) is 5.75 Å². The number of phenolic OH excluding ortho intramolecular Hbond substituents is 1. The van der Waals surface area contributed by atoms with Gasteiger partial charge in [-0.15, -0.1) is 0 Å². The van der Waals surface area contributed by atoms with Crippen molar-refractivity contribution in [2.75, 3.05) is 13.2 Å². The predicted octanol–water partition coefficient (Wildman–Crippen LogP) is 1.87. The van der Waals surface area contributed by atoms with Gasteiger partial charge < -0.3 is 15.5 Å². The highest BCUT2D eigenvalue weighted by atomic mass is 16.6. The van der Waals surface area contributed by atoms with Crippen molar-refractivity contribution >= 4 is 17.1 Å². The first-order valence-electron chi connectivity index (χ1n) is 7.33. The van der Waals surface area contributed by atoms with Gasteiger partial charge in [-0.05, 0) is 12.8 Å². The third-order valence-corrected chi connectivity index (χ3v) is 3.19.